The summed E-state index contributed by atoms with van der Waals surface area (Å²) in [7, 11) is 15.8. The fraction of sp³-hybridized carbons (Fsp3) is 0.350. The van der Waals surface area contributed by atoms with E-state index in [0.717, 1.165) is 166 Å². The van der Waals surface area contributed by atoms with Crippen molar-refractivity contribution in [2.45, 2.75) is 131 Å². The van der Waals surface area contributed by atoms with E-state index in [9.17, 15) is 47.9 Å². The van der Waals surface area contributed by atoms with E-state index in [1.54, 1.807) is 35.2 Å². The highest BCUT2D eigenvalue weighted by molar-refractivity contribution is 9.11. The summed E-state index contributed by atoms with van der Waals surface area (Å²) in [6, 6.07) is 59.9. The molecule has 11 heterocycles. The zero-order valence-electron chi connectivity index (χ0n) is 81.7. The normalized spacial score (nSPS) is 12.3. The third-order valence-electron chi connectivity index (χ3n) is 25.3. The smallest absolute Gasteiger partial charge is 0.332 e. The largest absolute Gasteiger partial charge is 0.369 e. The number of fused-ring (bicyclic) bond motifs is 5. The molecular weight excluding hydrogens is 2130 g/mol. The summed E-state index contributed by atoms with van der Waals surface area (Å²) in [6.07, 6.45) is 7.51. The molecule has 0 aliphatic carbocycles. The Morgan fingerprint density at radius 3 is 0.901 bits per heavy atom. The summed E-state index contributed by atoms with van der Waals surface area (Å²) in [5.74, 6) is 4.59. The standard InChI is InChI=1S/C23H24BrN5O2.C22H21BrN4O3.C21H26BrN5O2.C19H24BrN5O2.C18H21BrN4O2/c1-27-21-20(22(30)28(2)23(27)31)29(15-17-9-6-10-18(24)13-17)19(26-21)11-12-25-14-16-7-4-3-5-8-16;1-25-20-19(21(28)26(2)22(25)29)27(12-16-9-6-10-17(23)11-16)18(24-20)14-30-13-15-7-4-3-5-8-15;1-14-7-9-26(10-8-14)13-17-23-19-18(20(28)25(3)21(29)24(19)2)27(17)12-15-5-4-6-16(22)11-15;1-4-9-21-10-8-15-22-17-16(18(26)24(3)19(27)23(17)2)25(15)12-13-6-5-7-14(20)11-13;1-4-5-9-14-20-16-15(17(24)22(3)18(25)21(16)2)23(14)11-12-7-6-8-13(19)10-12/h3-10,13,25H,11-12,14-15H2,1-2H3;3-11H,12-14H2,1-2H3;4-6,11,14H,7-10,12-13H2,1-3H3;5-7,11,21H,4,8-10,12H2,1-3H3;6-8,10H,4-5,9,11H2,1-3H3. The maximum absolute atomic E-state index is 13.0. The van der Waals surface area contributed by atoms with Crippen LogP contribution in [0.25, 0.3) is 55.8 Å². The van der Waals surface area contributed by atoms with E-state index in [0.29, 0.717) is 127 Å². The van der Waals surface area contributed by atoms with Gasteiger partial charge < -0.3 is 38.2 Å². The number of unbranched alkanes of at least 4 members (excludes halogenated alkanes) is 1. The minimum absolute atomic E-state index is 0.217. The first-order valence-corrected chi connectivity index (χ1v) is 50.9. The molecule has 0 amide bonds. The zero-order chi connectivity index (χ0) is 102. The first-order valence-electron chi connectivity index (χ1n) is 46.9. The van der Waals surface area contributed by atoms with Gasteiger partial charge in [-0.3, -0.25) is 74.5 Å². The minimum Gasteiger partial charge on any atom is -0.369 e. The molecule has 0 unspecified atom stereocenters. The number of nitrogens with one attached hydrogen (secondary N) is 2. The predicted molar refractivity (Wildman–Crippen MR) is 573 cm³/mol. The van der Waals surface area contributed by atoms with Gasteiger partial charge in [0, 0.05) is 164 Å². The number of aromatic nitrogens is 20. The number of hydrogen-bond donors (Lipinski definition) is 2. The monoisotopic (exact) mass is 2250 g/mol. The predicted octanol–water partition coefficient (Wildman–Crippen LogP) is 12.4. The van der Waals surface area contributed by atoms with E-state index in [2.05, 4.69) is 143 Å². The Labute approximate surface area is 859 Å². The Bertz CT molecular complexity index is 8140. The molecule has 17 aromatic rings. The van der Waals surface area contributed by atoms with E-state index < -0.39 is 5.69 Å². The van der Waals surface area contributed by atoms with Crippen molar-refractivity contribution in [3.05, 3.63) is 377 Å². The number of piperidine rings is 1. The van der Waals surface area contributed by atoms with Crippen LogP contribution >= 0.6 is 79.6 Å². The molecule has 0 atom stereocenters. The van der Waals surface area contributed by atoms with Gasteiger partial charge >= 0.3 is 28.4 Å². The SMILES string of the molecule is CC1CCN(Cc2nc3c(c(=O)n(C)c(=O)n3C)n2Cc2cccc(Br)c2)CC1.CCCCc1nc2c(c(=O)n(C)c(=O)n2C)n1Cc1cccc(Br)c1.CCCNCCc1nc2c(c(=O)n(C)c(=O)n2C)n1Cc1cccc(Br)c1.Cn1c(=O)c2c(nc(CCNCc3ccccc3)n2Cc2cccc(Br)c2)n(C)c1=O.Cn1c(=O)c2c(nc(COCc3ccccc3)n2Cc2cccc(Br)c2)n(C)c1=O. The highest BCUT2D eigenvalue weighted by atomic mass is 79.9. The van der Waals surface area contributed by atoms with Crippen LogP contribution in [0.4, 0.5) is 0 Å². The Hall–Kier alpha value is -12.5. The molecular formula is C103H116Br5N23O11. The lowest BCUT2D eigenvalue weighted by atomic mass is 9.99. The highest BCUT2D eigenvalue weighted by Gasteiger charge is 2.28. The van der Waals surface area contributed by atoms with Crippen molar-refractivity contribution in [1.29, 1.82) is 0 Å². The summed E-state index contributed by atoms with van der Waals surface area (Å²) in [5.41, 5.74) is 8.41. The molecule has 1 saturated heterocycles. The van der Waals surface area contributed by atoms with Crippen LogP contribution in [0.2, 0.25) is 0 Å². The average Bonchev–Trinajstić information content (AvgIpc) is 1.63. The van der Waals surface area contributed by atoms with Gasteiger partial charge in [-0.05, 0) is 151 Å². The van der Waals surface area contributed by atoms with Gasteiger partial charge in [-0.25, -0.2) is 48.9 Å². The van der Waals surface area contributed by atoms with E-state index in [4.69, 9.17) is 14.7 Å². The lowest BCUT2D eigenvalue weighted by molar-refractivity contribution is 0.0998. The van der Waals surface area contributed by atoms with Crippen molar-refractivity contribution in [3.8, 4) is 0 Å². The molecule has 142 heavy (non-hydrogen) atoms. The Kier molecular flexibility index (Phi) is 35.3. The van der Waals surface area contributed by atoms with Gasteiger partial charge in [0.2, 0.25) is 0 Å². The van der Waals surface area contributed by atoms with Crippen molar-refractivity contribution in [2.24, 2.45) is 76.4 Å². The molecule has 39 heteroatoms. The van der Waals surface area contributed by atoms with Crippen LogP contribution in [0.1, 0.15) is 121 Å². The van der Waals surface area contributed by atoms with E-state index in [1.807, 2.05) is 193 Å². The molecule has 7 aromatic carbocycles. The second-order valence-electron chi connectivity index (χ2n) is 35.6. The summed E-state index contributed by atoms with van der Waals surface area (Å²) in [5, 5.41) is 6.80. The number of ether oxygens (including phenoxy) is 1. The molecule has 1 aliphatic heterocycles. The van der Waals surface area contributed by atoms with Crippen LogP contribution in [0.3, 0.4) is 0 Å². The summed E-state index contributed by atoms with van der Waals surface area (Å²) >= 11 is 17.5. The van der Waals surface area contributed by atoms with E-state index in [-0.39, 0.29) is 57.2 Å². The van der Waals surface area contributed by atoms with Crippen LogP contribution in [-0.4, -0.2) is 131 Å². The maximum atomic E-state index is 13.0. The first kappa shape index (κ1) is 105. The van der Waals surface area contributed by atoms with Gasteiger partial charge in [-0.1, -0.05) is 228 Å². The van der Waals surface area contributed by atoms with Gasteiger partial charge in [0.05, 0.1) is 13.2 Å². The van der Waals surface area contributed by atoms with Crippen LogP contribution in [-0.2, 0) is 154 Å². The summed E-state index contributed by atoms with van der Waals surface area (Å²) < 4.78 is 33.3. The number of nitrogens with zero attached hydrogens (tertiary/aromatic N) is 21. The van der Waals surface area contributed by atoms with Gasteiger partial charge in [-0.15, -0.1) is 0 Å². The van der Waals surface area contributed by atoms with Crippen LogP contribution in [0, 0.1) is 5.92 Å². The summed E-state index contributed by atoms with van der Waals surface area (Å²) in [6.45, 7) is 15.6. The second-order valence-corrected chi connectivity index (χ2v) is 40.1. The lowest BCUT2D eigenvalue weighted by Gasteiger charge is -2.29. The van der Waals surface area contributed by atoms with Crippen LogP contribution in [0.5, 0.6) is 0 Å². The van der Waals surface area contributed by atoms with Crippen molar-refractivity contribution in [2.75, 3.05) is 32.7 Å². The van der Waals surface area contributed by atoms with Crippen molar-refractivity contribution in [3.63, 3.8) is 0 Å². The number of likely N-dealkylation sites (tertiary alicyclic amines) is 1. The first-order chi connectivity index (χ1) is 68.1. The molecule has 0 bridgehead atoms. The summed E-state index contributed by atoms with van der Waals surface area (Å²) in [4.78, 5) is 152. The molecule has 1 fully saturated rings. The fourth-order valence-corrected chi connectivity index (χ4v) is 19.6. The molecule has 34 nitrogen and oxygen atoms in total. The number of imidazole rings is 5. The Morgan fingerprint density at radius 1 is 0.303 bits per heavy atom. The molecule has 744 valence electrons. The Morgan fingerprint density at radius 2 is 0.585 bits per heavy atom. The minimum atomic E-state index is -0.406. The van der Waals surface area contributed by atoms with Crippen LogP contribution in [0.15, 0.2) is 252 Å². The number of rotatable bonds is 29. The number of benzene rings is 7. The highest BCUT2D eigenvalue weighted by Crippen LogP contribution is 2.27. The average molecular weight is 2250 g/mol. The number of halogens is 5. The molecule has 2 N–H and O–H groups in total. The third kappa shape index (κ3) is 24.2. The van der Waals surface area contributed by atoms with Gasteiger partial charge in [0.25, 0.3) is 27.8 Å². The van der Waals surface area contributed by atoms with Crippen molar-refractivity contribution in [1.82, 2.24) is 109 Å². The number of hydrogen-bond acceptors (Lipinski definition) is 19. The van der Waals surface area contributed by atoms with Gasteiger partial charge in [0.1, 0.15) is 35.7 Å². The maximum Gasteiger partial charge on any atom is 0.332 e. The van der Waals surface area contributed by atoms with Gasteiger partial charge in [-0.2, -0.15) is 0 Å². The fourth-order valence-electron chi connectivity index (χ4n) is 17.3. The van der Waals surface area contributed by atoms with Crippen molar-refractivity contribution < 1.29 is 4.74 Å². The second kappa shape index (κ2) is 47.6. The molecule has 18 rings (SSSR count). The van der Waals surface area contributed by atoms with E-state index in [1.165, 1.54) is 76.5 Å². The van der Waals surface area contributed by atoms with E-state index >= 15 is 0 Å². The number of aryl methyl sites for hydroxylation is 6. The molecule has 0 radical (unpaired) electrons. The molecule has 0 spiro atoms. The lowest BCUT2D eigenvalue weighted by Crippen LogP contribution is -2.37. The van der Waals surface area contributed by atoms with Crippen molar-refractivity contribution >= 4 is 135 Å². The van der Waals surface area contributed by atoms with Gasteiger partial charge in [0.15, 0.2) is 55.8 Å². The molecule has 10 aromatic heterocycles. The Balaban J connectivity index is 0.000000141. The zero-order valence-corrected chi connectivity index (χ0v) is 89.7. The third-order valence-corrected chi connectivity index (χ3v) is 27.7. The topological polar surface area (TPSA) is 346 Å². The van der Waals surface area contributed by atoms with Crippen LogP contribution < -0.4 is 66.9 Å². The molecule has 1 aliphatic rings. The molecule has 0 saturated carbocycles. The quantitative estimate of drug-likeness (QED) is 0.0411.